The van der Waals surface area contributed by atoms with Gasteiger partial charge in [-0.3, -0.25) is 9.59 Å². The molecule has 1 aliphatic heterocycles. The number of nitrogens with zero attached hydrogens (tertiary/aromatic N) is 1. The lowest BCUT2D eigenvalue weighted by Gasteiger charge is -2.43. The van der Waals surface area contributed by atoms with Gasteiger partial charge in [-0.1, -0.05) is 35.3 Å². The van der Waals surface area contributed by atoms with Crippen LogP contribution in [0.4, 0.5) is 0 Å². The maximum atomic E-state index is 13.4. The molecule has 0 radical (unpaired) electrons. The molecule has 0 fully saturated rings. The Labute approximate surface area is 228 Å². The van der Waals surface area contributed by atoms with Crippen molar-refractivity contribution in [2.24, 2.45) is 0 Å². The van der Waals surface area contributed by atoms with E-state index in [4.69, 9.17) is 32.7 Å². The lowest BCUT2D eigenvalue weighted by molar-refractivity contribution is -0.117. The highest BCUT2D eigenvalue weighted by Gasteiger charge is 2.43. The normalized spacial score (nSPS) is 18.2. The zero-order chi connectivity index (χ0) is 26.1. The highest BCUT2D eigenvalue weighted by Crippen LogP contribution is 2.51. The first-order valence-electron chi connectivity index (χ1n) is 13.1. The van der Waals surface area contributed by atoms with Crippen LogP contribution in [0.1, 0.15) is 69.4 Å². The molecule has 3 aliphatic rings. The van der Waals surface area contributed by atoms with Crippen LogP contribution in [0.3, 0.4) is 0 Å². The number of hydrogen-bond acceptors (Lipinski definition) is 5. The Morgan fingerprint density at radius 1 is 0.892 bits per heavy atom. The van der Waals surface area contributed by atoms with Gasteiger partial charge in [0.2, 0.25) is 0 Å². The van der Waals surface area contributed by atoms with Gasteiger partial charge in [0.1, 0.15) is 6.61 Å². The number of allylic oxidation sites excluding steroid dienone is 4. The molecule has 2 aromatic rings. The third-order valence-corrected chi connectivity index (χ3v) is 7.86. The highest BCUT2D eigenvalue weighted by molar-refractivity contribution is 6.32. The van der Waals surface area contributed by atoms with E-state index in [1.54, 1.807) is 0 Å². The summed E-state index contributed by atoms with van der Waals surface area (Å²) in [5.74, 6) is 0.731. The summed E-state index contributed by atoms with van der Waals surface area (Å²) >= 11 is 13.0. The van der Waals surface area contributed by atoms with E-state index < -0.39 is 5.92 Å². The summed E-state index contributed by atoms with van der Waals surface area (Å²) in [5.41, 5.74) is 5.32. The lowest BCUT2D eigenvalue weighted by atomic mass is 9.71. The third kappa shape index (κ3) is 4.92. The molecule has 0 N–H and O–H groups in total. The number of Topliss-reactive ketones (excluding diaryl/α,β-unsaturated/α-hetero) is 2. The van der Waals surface area contributed by atoms with Crippen molar-refractivity contribution in [3.63, 3.8) is 0 Å². The molecule has 2 aliphatic carbocycles. The topological polar surface area (TPSA) is 55.8 Å². The Morgan fingerprint density at radius 2 is 1.57 bits per heavy atom. The first-order chi connectivity index (χ1) is 17.9. The van der Waals surface area contributed by atoms with E-state index in [9.17, 15) is 9.59 Å². The number of benzene rings is 2. The van der Waals surface area contributed by atoms with Gasteiger partial charge in [0.15, 0.2) is 23.1 Å². The molecule has 0 unspecified atom stereocenters. The second-order valence-corrected chi connectivity index (χ2v) is 10.5. The molecule has 194 valence electrons. The van der Waals surface area contributed by atoms with Crippen molar-refractivity contribution in [1.82, 2.24) is 4.90 Å². The van der Waals surface area contributed by atoms with Gasteiger partial charge in [0, 0.05) is 52.9 Å². The van der Waals surface area contributed by atoms with Gasteiger partial charge < -0.3 is 14.4 Å². The zero-order valence-electron chi connectivity index (χ0n) is 21.2. The fraction of sp³-hybridized carbons (Fsp3) is 0.400. The largest absolute Gasteiger partial charge is 0.490 e. The van der Waals surface area contributed by atoms with Crippen LogP contribution >= 0.6 is 23.2 Å². The number of carbonyl (C=O) groups excluding carboxylic acids is 2. The van der Waals surface area contributed by atoms with Gasteiger partial charge in [-0.2, -0.15) is 0 Å². The van der Waals surface area contributed by atoms with Gasteiger partial charge in [-0.25, -0.2) is 0 Å². The van der Waals surface area contributed by atoms with E-state index in [2.05, 4.69) is 11.8 Å². The molecule has 5 nitrogen and oxygen atoms in total. The Bertz CT molecular complexity index is 1270. The van der Waals surface area contributed by atoms with Gasteiger partial charge in [-0.05, 0) is 74.9 Å². The van der Waals surface area contributed by atoms with Crippen molar-refractivity contribution < 1.29 is 19.1 Å². The van der Waals surface area contributed by atoms with Crippen LogP contribution in [0, 0.1) is 0 Å². The first-order valence-corrected chi connectivity index (χ1v) is 13.8. The SMILES string of the molecule is CCOc1cc(C2C3=C(CCCC3=O)N(CC)C3=C2C(=O)CCC3)cc(Cl)c1OCc1cccc(Cl)c1. The number of rotatable bonds is 7. The Kier molecular flexibility index (Phi) is 7.64. The maximum absolute atomic E-state index is 13.4. The van der Waals surface area contributed by atoms with E-state index in [0.717, 1.165) is 65.9 Å². The molecular formula is C30H31Cl2NO4. The third-order valence-electron chi connectivity index (χ3n) is 7.34. The van der Waals surface area contributed by atoms with Crippen molar-refractivity contribution in [3.05, 3.63) is 80.1 Å². The van der Waals surface area contributed by atoms with E-state index >= 15 is 0 Å². The van der Waals surface area contributed by atoms with Crippen LogP contribution in [0.2, 0.25) is 10.0 Å². The van der Waals surface area contributed by atoms with Crippen LogP contribution in [-0.4, -0.2) is 29.6 Å². The maximum Gasteiger partial charge on any atom is 0.180 e. The smallest absolute Gasteiger partial charge is 0.180 e. The minimum atomic E-state index is -0.438. The quantitative estimate of drug-likeness (QED) is 0.366. The van der Waals surface area contributed by atoms with Crippen molar-refractivity contribution in [1.29, 1.82) is 0 Å². The zero-order valence-corrected chi connectivity index (χ0v) is 22.8. The molecule has 0 atom stereocenters. The van der Waals surface area contributed by atoms with Crippen LogP contribution in [0.5, 0.6) is 11.5 Å². The molecule has 0 aromatic heterocycles. The molecule has 0 saturated heterocycles. The van der Waals surface area contributed by atoms with E-state index in [-0.39, 0.29) is 18.2 Å². The minimum absolute atomic E-state index is 0.116. The summed E-state index contributed by atoms with van der Waals surface area (Å²) in [7, 11) is 0. The van der Waals surface area contributed by atoms with Crippen LogP contribution < -0.4 is 9.47 Å². The summed E-state index contributed by atoms with van der Waals surface area (Å²) < 4.78 is 12.1. The second-order valence-electron chi connectivity index (χ2n) is 9.63. The van der Waals surface area contributed by atoms with Gasteiger partial charge in [0.05, 0.1) is 11.6 Å². The average molecular weight is 540 g/mol. The monoisotopic (exact) mass is 539 g/mol. The molecule has 0 amide bonds. The second kappa shape index (κ2) is 10.9. The first kappa shape index (κ1) is 25.9. The fourth-order valence-corrected chi connectivity index (χ4v) is 6.36. The molecule has 0 saturated carbocycles. The Morgan fingerprint density at radius 3 is 2.16 bits per heavy atom. The number of ether oxygens (including phenoxy) is 2. The summed E-state index contributed by atoms with van der Waals surface area (Å²) in [5, 5.41) is 1.02. The minimum Gasteiger partial charge on any atom is -0.490 e. The van der Waals surface area contributed by atoms with Crippen LogP contribution in [-0.2, 0) is 16.2 Å². The van der Waals surface area contributed by atoms with Crippen molar-refractivity contribution in [3.8, 4) is 11.5 Å². The molecule has 1 heterocycles. The lowest BCUT2D eigenvalue weighted by Crippen LogP contribution is -2.39. The molecule has 0 bridgehead atoms. The number of hydrogen-bond donors (Lipinski definition) is 0. The van der Waals surface area contributed by atoms with E-state index in [1.807, 2.05) is 43.3 Å². The summed E-state index contributed by atoms with van der Waals surface area (Å²) in [4.78, 5) is 29.0. The Balaban J connectivity index is 1.61. The summed E-state index contributed by atoms with van der Waals surface area (Å²) in [6.07, 6.45) is 4.33. The number of carbonyl (C=O) groups is 2. The molecule has 37 heavy (non-hydrogen) atoms. The van der Waals surface area contributed by atoms with Crippen LogP contribution in [0.25, 0.3) is 0 Å². The van der Waals surface area contributed by atoms with E-state index in [0.29, 0.717) is 41.0 Å². The summed E-state index contributed by atoms with van der Waals surface area (Å²) in [6.45, 7) is 5.42. The van der Waals surface area contributed by atoms with E-state index in [1.165, 1.54) is 0 Å². The fourth-order valence-electron chi connectivity index (χ4n) is 5.87. The van der Waals surface area contributed by atoms with Crippen LogP contribution in [0.15, 0.2) is 58.9 Å². The van der Waals surface area contributed by atoms with Crippen molar-refractivity contribution in [2.75, 3.05) is 13.2 Å². The Hall–Kier alpha value is -2.76. The molecule has 0 spiro atoms. The average Bonchev–Trinajstić information content (AvgIpc) is 2.87. The molecule has 5 rings (SSSR count). The summed E-state index contributed by atoms with van der Waals surface area (Å²) in [6, 6.07) is 11.2. The van der Waals surface area contributed by atoms with Gasteiger partial charge >= 0.3 is 0 Å². The highest BCUT2D eigenvalue weighted by atomic mass is 35.5. The van der Waals surface area contributed by atoms with Gasteiger partial charge in [0.25, 0.3) is 0 Å². The molecule has 7 heteroatoms. The predicted molar refractivity (Wildman–Crippen MR) is 145 cm³/mol. The molecule has 2 aromatic carbocycles. The predicted octanol–water partition coefficient (Wildman–Crippen LogP) is 7.40. The van der Waals surface area contributed by atoms with Crippen molar-refractivity contribution in [2.45, 2.75) is 64.9 Å². The standard InChI is InChI=1S/C30H31Cl2NO4/c1-3-33-22-10-6-12-24(34)28(22)27(29-23(33)11-7-13-25(29)35)19-15-21(32)30(26(16-19)36-4-2)37-17-18-8-5-9-20(31)14-18/h5,8-9,14-16,27H,3-4,6-7,10-13,17H2,1-2H3. The van der Waals surface area contributed by atoms with Gasteiger partial charge in [-0.15, -0.1) is 0 Å². The molecular weight excluding hydrogens is 509 g/mol. The number of halogens is 2. The van der Waals surface area contributed by atoms with Crippen molar-refractivity contribution >= 4 is 34.8 Å². The number of ketones is 2.